The molecule has 0 radical (unpaired) electrons. The number of carbonyl (C=O) groups excluding carboxylic acids is 1. The Hall–Kier alpha value is -2.82. The second kappa shape index (κ2) is 10.3. The van der Waals surface area contributed by atoms with Crippen LogP contribution in [0.15, 0.2) is 35.4 Å². The van der Waals surface area contributed by atoms with Crippen molar-refractivity contribution in [2.45, 2.75) is 43.7 Å². The van der Waals surface area contributed by atoms with E-state index in [1.54, 1.807) is 13.2 Å². The van der Waals surface area contributed by atoms with E-state index in [1.165, 1.54) is 18.0 Å². The number of likely N-dealkylation sites (tertiary alicyclic amines) is 1. The second-order valence-electron chi connectivity index (χ2n) is 9.76. The average Bonchev–Trinajstić information content (AvgIpc) is 2.88. The number of aromatic nitrogens is 3. The Balaban J connectivity index is 1.20. The Morgan fingerprint density at radius 2 is 2.17 bits per heavy atom. The Morgan fingerprint density at radius 1 is 1.31 bits per heavy atom. The summed E-state index contributed by atoms with van der Waals surface area (Å²) in [5.74, 6) is 1.61. The minimum absolute atomic E-state index is 0.00683. The Labute approximate surface area is 214 Å². The van der Waals surface area contributed by atoms with E-state index in [4.69, 9.17) is 4.74 Å². The van der Waals surface area contributed by atoms with Gasteiger partial charge in [0.25, 0.3) is 0 Å². The van der Waals surface area contributed by atoms with Crippen molar-refractivity contribution >= 4 is 34.5 Å². The Kier molecular flexibility index (Phi) is 7.09. The molecule has 1 fully saturated rings. The third-order valence-corrected chi connectivity index (χ3v) is 8.45. The van der Waals surface area contributed by atoms with Gasteiger partial charge in [0.05, 0.1) is 40.7 Å². The third kappa shape index (κ3) is 5.16. The second-order valence-corrected chi connectivity index (χ2v) is 10.8. The van der Waals surface area contributed by atoms with E-state index in [0.29, 0.717) is 52.9 Å². The number of halogens is 1. The molecule has 10 heteroatoms. The van der Waals surface area contributed by atoms with Crippen molar-refractivity contribution in [3.63, 3.8) is 0 Å². The Bertz CT molecular complexity index is 1290. The van der Waals surface area contributed by atoms with Crippen LogP contribution < -0.4 is 15.4 Å². The summed E-state index contributed by atoms with van der Waals surface area (Å²) >= 11 is 1.52. The van der Waals surface area contributed by atoms with E-state index in [0.717, 1.165) is 36.6 Å². The highest BCUT2D eigenvalue weighted by molar-refractivity contribution is 8.00. The summed E-state index contributed by atoms with van der Waals surface area (Å²) in [4.78, 5) is 28.4. The van der Waals surface area contributed by atoms with E-state index in [1.807, 2.05) is 18.2 Å². The maximum Gasteiger partial charge on any atom is 0.235 e. The molecule has 0 aliphatic carbocycles. The molecule has 5 heterocycles. The molecule has 36 heavy (non-hydrogen) atoms. The van der Waals surface area contributed by atoms with Crippen LogP contribution >= 0.6 is 11.8 Å². The van der Waals surface area contributed by atoms with Gasteiger partial charge in [-0.1, -0.05) is 6.92 Å². The predicted molar refractivity (Wildman–Crippen MR) is 139 cm³/mol. The summed E-state index contributed by atoms with van der Waals surface area (Å²) < 4.78 is 19.9. The maximum atomic E-state index is 14.7. The standard InChI is InChI=1S/C26H31FN6O2S/c1-16-14-33(10-8-18-19(27)13-28-20-5-7-23(35-3)32-24(18)20)11-9-26(16,2)29-12-17-4-6-21-25(30-17)31-22(34)15-36-21/h4-7,13,16,29H,8-12,14-15H2,1-3H3,(H,30,31,34)/t16?,26-/m0/s1. The molecule has 2 aliphatic rings. The first kappa shape index (κ1) is 24.9. The fraction of sp³-hybridized carbons (Fsp3) is 0.462. The van der Waals surface area contributed by atoms with Gasteiger partial charge in [0.1, 0.15) is 11.6 Å². The molecular weight excluding hydrogens is 479 g/mol. The normalized spacial score (nSPS) is 22.3. The van der Waals surface area contributed by atoms with Crippen molar-refractivity contribution in [3.8, 4) is 5.88 Å². The third-order valence-electron chi connectivity index (χ3n) is 7.40. The van der Waals surface area contributed by atoms with Gasteiger partial charge < -0.3 is 20.3 Å². The van der Waals surface area contributed by atoms with Crippen molar-refractivity contribution in [3.05, 3.63) is 47.5 Å². The molecule has 1 saturated heterocycles. The number of ether oxygens (including phenoxy) is 1. The van der Waals surface area contributed by atoms with Gasteiger partial charge in [0.2, 0.25) is 11.8 Å². The fourth-order valence-electron chi connectivity index (χ4n) is 4.88. The van der Waals surface area contributed by atoms with Crippen LogP contribution in [0, 0.1) is 11.7 Å². The van der Waals surface area contributed by atoms with Crippen molar-refractivity contribution in [1.82, 2.24) is 25.2 Å². The first-order valence-corrected chi connectivity index (χ1v) is 13.2. The average molecular weight is 511 g/mol. The molecule has 5 rings (SSSR count). The van der Waals surface area contributed by atoms with Gasteiger partial charge in [-0.05, 0) is 50.4 Å². The number of anilines is 1. The maximum absolute atomic E-state index is 14.7. The number of methoxy groups -OCH3 is 1. The molecular formula is C26H31FN6O2S. The van der Waals surface area contributed by atoms with Gasteiger partial charge in [-0.2, -0.15) is 0 Å². The van der Waals surface area contributed by atoms with Gasteiger partial charge in [-0.15, -0.1) is 11.8 Å². The minimum Gasteiger partial charge on any atom is -0.481 e. The SMILES string of the molecule is COc1ccc2ncc(F)c(CCN3CC[C@](C)(NCc4ccc5c(n4)NC(=O)CS5)C(C)C3)c2n1. The number of rotatable bonds is 7. The van der Waals surface area contributed by atoms with Crippen LogP contribution in [0.3, 0.4) is 0 Å². The zero-order valence-electron chi connectivity index (χ0n) is 20.8. The van der Waals surface area contributed by atoms with Gasteiger partial charge >= 0.3 is 0 Å². The number of amides is 1. The lowest BCUT2D eigenvalue weighted by atomic mass is 9.80. The summed E-state index contributed by atoms with van der Waals surface area (Å²) in [5, 5.41) is 6.59. The number of piperidine rings is 1. The number of carbonyl (C=O) groups is 1. The molecule has 0 saturated carbocycles. The predicted octanol–water partition coefficient (Wildman–Crippen LogP) is 3.65. The number of pyridine rings is 3. The number of thioether (sulfide) groups is 1. The molecule has 190 valence electrons. The van der Waals surface area contributed by atoms with Crippen molar-refractivity contribution < 1.29 is 13.9 Å². The molecule has 1 amide bonds. The van der Waals surface area contributed by atoms with Crippen LogP contribution in [0.4, 0.5) is 10.2 Å². The van der Waals surface area contributed by atoms with Gasteiger partial charge in [-0.25, -0.2) is 14.4 Å². The van der Waals surface area contributed by atoms with Crippen molar-refractivity contribution in [1.29, 1.82) is 0 Å². The monoisotopic (exact) mass is 510 g/mol. The highest BCUT2D eigenvalue weighted by Crippen LogP contribution is 2.31. The van der Waals surface area contributed by atoms with E-state index in [9.17, 15) is 9.18 Å². The highest BCUT2D eigenvalue weighted by atomic mass is 32.2. The largest absolute Gasteiger partial charge is 0.481 e. The molecule has 0 aromatic carbocycles. The summed E-state index contributed by atoms with van der Waals surface area (Å²) in [6.07, 6.45) is 2.81. The van der Waals surface area contributed by atoms with Crippen LogP contribution in [0.2, 0.25) is 0 Å². The number of fused-ring (bicyclic) bond motifs is 2. The molecule has 2 atom stereocenters. The number of hydrogen-bond donors (Lipinski definition) is 2. The summed E-state index contributed by atoms with van der Waals surface area (Å²) in [6.45, 7) is 7.73. The molecule has 3 aromatic heterocycles. The highest BCUT2D eigenvalue weighted by Gasteiger charge is 2.36. The lowest BCUT2D eigenvalue weighted by molar-refractivity contribution is -0.113. The van der Waals surface area contributed by atoms with E-state index < -0.39 is 0 Å². The van der Waals surface area contributed by atoms with Crippen molar-refractivity contribution in [2.24, 2.45) is 5.92 Å². The van der Waals surface area contributed by atoms with Crippen LogP contribution in [-0.4, -0.2) is 63.8 Å². The Morgan fingerprint density at radius 3 is 2.97 bits per heavy atom. The molecule has 0 bridgehead atoms. The molecule has 8 nitrogen and oxygen atoms in total. The first-order chi connectivity index (χ1) is 17.3. The van der Waals surface area contributed by atoms with Gasteiger partial charge in [-0.3, -0.25) is 9.78 Å². The van der Waals surface area contributed by atoms with Crippen LogP contribution in [-0.2, 0) is 17.8 Å². The molecule has 1 unspecified atom stereocenters. The lowest BCUT2D eigenvalue weighted by Gasteiger charge is -2.45. The molecule has 2 aliphatic heterocycles. The van der Waals surface area contributed by atoms with Gasteiger partial charge in [0, 0.05) is 36.8 Å². The quantitative estimate of drug-likeness (QED) is 0.498. The lowest BCUT2D eigenvalue weighted by Crippen LogP contribution is -2.57. The van der Waals surface area contributed by atoms with Gasteiger partial charge in [0.15, 0.2) is 0 Å². The summed E-state index contributed by atoms with van der Waals surface area (Å²) in [6, 6.07) is 7.61. The number of nitrogens with one attached hydrogen (secondary N) is 2. The zero-order chi connectivity index (χ0) is 25.3. The smallest absolute Gasteiger partial charge is 0.235 e. The van der Waals surface area contributed by atoms with Crippen LogP contribution in [0.5, 0.6) is 5.88 Å². The van der Waals surface area contributed by atoms with E-state index in [-0.39, 0.29) is 17.3 Å². The van der Waals surface area contributed by atoms with E-state index >= 15 is 0 Å². The topological polar surface area (TPSA) is 92.3 Å². The molecule has 3 aromatic rings. The van der Waals surface area contributed by atoms with Crippen molar-refractivity contribution in [2.75, 3.05) is 37.8 Å². The molecule has 0 spiro atoms. The minimum atomic E-state index is -0.327. The first-order valence-electron chi connectivity index (χ1n) is 12.2. The molecule has 2 N–H and O–H groups in total. The van der Waals surface area contributed by atoms with E-state index in [2.05, 4.69) is 44.3 Å². The number of hydrogen-bond acceptors (Lipinski definition) is 8. The fourth-order valence-corrected chi connectivity index (χ4v) is 5.63. The van der Waals surface area contributed by atoms with Crippen LogP contribution in [0.1, 0.15) is 31.5 Å². The number of nitrogens with zero attached hydrogens (tertiary/aromatic N) is 4. The van der Waals surface area contributed by atoms with Crippen LogP contribution in [0.25, 0.3) is 11.0 Å². The summed E-state index contributed by atoms with van der Waals surface area (Å²) in [5.41, 5.74) is 2.69. The zero-order valence-corrected chi connectivity index (χ0v) is 21.6. The summed E-state index contributed by atoms with van der Waals surface area (Å²) in [7, 11) is 1.55.